The molecule has 2 heterocycles. The van der Waals surface area contributed by atoms with Gasteiger partial charge in [-0.05, 0) is 6.07 Å². The van der Waals surface area contributed by atoms with E-state index in [1.165, 1.54) is 0 Å². The van der Waals surface area contributed by atoms with Crippen molar-refractivity contribution >= 4 is 21.6 Å². The molecule has 1 unspecified atom stereocenters. The highest BCUT2D eigenvalue weighted by Gasteiger charge is 2.22. The predicted molar refractivity (Wildman–Crippen MR) is 66.5 cm³/mol. The van der Waals surface area contributed by atoms with Crippen LogP contribution in [0.25, 0.3) is 0 Å². The summed E-state index contributed by atoms with van der Waals surface area (Å²) >= 11 is 3.52. The Bertz CT molecular complexity index is 349. The zero-order chi connectivity index (χ0) is 11.4. The number of alkyl halides is 1. The van der Waals surface area contributed by atoms with Crippen molar-refractivity contribution in [3.8, 4) is 5.88 Å². The lowest BCUT2D eigenvalue weighted by atomic mass is 10.2. The molecule has 0 bridgehead atoms. The maximum Gasteiger partial charge on any atom is 0.214 e. The molecule has 88 valence electrons. The third-order valence-corrected chi connectivity index (χ3v) is 3.41. The van der Waals surface area contributed by atoms with Crippen LogP contribution in [0, 0.1) is 0 Å². The molecule has 0 radical (unpaired) electrons. The molecule has 1 atom stereocenters. The van der Waals surface area contributed by atoms with Gasteiger partial charge in [0.2, 0.25) is 5.88 Å². The lowest BCUT2D eigenvalue weighted by Gasteiger charge is -2.36. The van der Waals surface area contributed by atoms with Gasteiger partial charge in [-0.25, -0.2) is 4.98 Å². The van der Waals surface area contributed by atoms with Crippen LogP contribution in [0.5, 0.6) is 5.88 Å². The first-order valence-electron chi connectivity index (χ1n) is 5.25. The lowest BCUT2D eigenvalue weighted by molar-refractivity contribution is 0.100. The zero-order valence-electron chi connectivity index (χ0n) is 9.23. The summed E-state index contributed by atoms with van der Waals surface area (Å²) in [6.07, 6.45) is 1.77. The van der Waals surface area contributed by atoms with E-state index in [1.54, 1.807) is 13.3 Å². The molecule has 0 saturated carbocycles. The van der Waals surface area contributed by atoms with Gasteiger partial charge in [-0.2, -0.15) is 0 Å². The Morgan fingerprint density at radius 3 is 3.31 bits per heavy atom. The van der Waals surface area contributed by atoms with Crippen molar-refractivity contribution in [1.82, 2.24) is 4.98 Å². The number of halogens is 1. The molecule has 2 rings (SSSR count). The number of ether oxygens (including phenoxy) is 2. The summed E-state index contributed by atoms with van der Waals surface area (Å²) in [6, 6.07) is 4.34. The van der Waals surface area contributed by atoms with Crippen LogP contribution in [-0.4, -0.2) is 43.2 Å². The molecule has 1 aliphatic rings. The molecule has 0 spiro atoms. The molecule has 5 heteroatoms. The second kappa shape index (κ2) is 5.50. The molecule has 0 aromatic carbocycles. The average Bonchev–Trinajstić information content (AvgIpc) is 2.38. The minimum atomic E-state index is 0.376. The summed E-state index contributed by atoms with van der Waals surface area (Å²) in [5.74, 6) is 0.650. The van der Waals surface area contributed by atoms with Crippen molar-refractivity contribution in [2.45, 2.75) is 6.04 Å². The molecular formula is C11H15BrN2O2. The van der Waals surface area contributed by atoms with Gasteiger partial charge in [0.25, 0.3) is 0 Å². The average molecular weight is 287 g/mol. The summed E-state index contributed by atoms with van der Waals surface area (Å²) in [4.78, 5) is 6.43. The number of hydrogen-bond donors (Lipinski definition) is 0. The molecule has 1 aromatic rings. The van der Waals surface area contributed by atoms with Gasteiger partial charge in [0, 0.05) is 29.8 Å². The highest BCUT2D eigenvalue weighted by molar-refractivity contribution is 9.09. The quantitative estimate of drug-likeness (QED) is 0.792. The zero-order valence-corrected chi connectivity index (χ0v) is 10.8. The first-order valence-corrected chi connectivity index (χ1v) is 6.37. The van der Waals surface area contributed by atoms with Gasteiger partial charge < -0.3 is 14.4 Å². The molecule has 1 aliphatic heterocycles. The number of morpholine rings is 1. The summed E-state index contributed by atoms with van der Waals surface area (Å²) in [5.41, 5.74) is 1.14. The van der Waals surface area contributed by atoms with Crippen molar-refractivity contribution in [2.75, 3.05) is 37.1 Å². The summed E-state index contributed by atoms with van der Waals surface area (Å²) in [5, 5.41) is 0.900. The van der Waals surface area contributed by atoms with E-state index < -0.39 is 0 Å². The highest BCUT2D eigenvalue weighted by atomic mass is 79.9. The Labute approximate surface area is 104 Å². The third kappa shape index (κ3) is 2.47. The Kier molecular flexibility index (Phi) is 4.01. The molecule has 0 N–H and O–H groups in total. The smallest absolute Gasteiger partial charge is 0.214 e. The summed E-state index contributed by atoms with van der Waals surface area (Å²) in [6.45, 7) is 2.44. The van der Waals surface area contributed by atoms with Crippen LogP contribution < -0.4 is 9.64 Å². The molecule has 0 amide bonds. The van der Waals surface area contributed by atoms with Gasteiger partial charge in [-0.15, -0.1) is 0 Å². The third-order valence-electron chi connectivity index (χ3n) is 2.66. The number of methoxy groups -OCH3 is 1. The summed E-state index contributed by atoms with van der Waals surface area (Å²) in [7, 11) is 1.63. The van der Waals surface area contributed by atoms with Gasteiger partial charge in [0.15, 0.2) is 0 Å². The largest absolute Gasteiger partial charge is 0.481 e. The van der Waals surface area contributed by atoms with Crippen LogP contribution in [0.3, 0.4) is 0 Å². The van der Waals surface area contributed by atoms with Gasteiger partial charge in [-0.3, -0.25) is 0 Å². The topological polar surface area (TPSA) is 34.6 Å². The van der Waals surface area contributed by atoms with E-state index >= 15 is 0 Å². The monoisotopic (exact) mass is 286 g/mol. The van der Waals surface area contributed by atoms with Crippen molar-refractivity contribution in [1.29, 1.82) is 0 Å². The van der Waals surface area contributed by atoms with Crippen LogP contribution in [0.15, 0.2) is 18.3 Å². The standard InChI is InChI=1S/C11H15BrN2O2/c1-15-11-6-9(2-3-13-11)14-4-5-16-8-10(14)7-12/h2-3,6,10H,4-5,7-8H2,1H3. The first kappa shape index (κ1) is 11.7. The van der Waals surface area contributed by atoms with E-state index in [1.807, 2.05) is 12.1 Å². The number of anilines is 1. The van der Waals surface area contributed by atoms with Gasteiger partial charge in [0.1, 0.15) is 0 Å². The van der Waals surface area contributed by atoms with Crippen LogP contribution in [-0.2, 0) is 4.74 Å². The maximum absolute atomic E-state index is 5.46. The fourth-order valence-corrected chi connectivity index (χ4v) is 2.35. The Morgan fingerprint density at radius 1 is 1.69 bits per heavy atom. The minimum absolute atomic E-state index is 0.376. The normalized spacial score (nSPS) is 20.9. The number of pyridine rings is 1. The minimum Gasteiger partial charge on any atom is -0.481 e. The molecule has 0 aliphatic carbocycles. The molecular weight excluding hydrogens is 272 g/mol. The number of rotatable bonds is 3. The highest BCUT2D eigenvalue weighted by Crippen LogP contribution is 2.23. The van der Waals surface area contributed by atoms with Gasteiger partial charge >= 0.3 is 0 Å². The van der Waals surface area contributed by atoms with E-state index in [0.29, 0.717) is 11.9 Å². The van der Waals surface area contributed by atoms with Crippen molar-refractivity contribution < 1.29 is 9.47 Å². The first-order chi connectivity index (χ1) is 7.85. The van der Waals surface area contributed by atoms with E-state index in [4.69, 9.17) is 9.47 Å². The van der Waals surface area contributed by atoms with Crippen molar-refractivity contribution in [3.05, 3.63) is 18.3 Å². The Hall–Kier alpha value is -0.810. The molecule has 1 aromatic heterocycles. The maximum atomic E-state index is 5.46. The SMILES string of the molecule is COc1cc(N2CCOCC2CBr)ccn1. The van der Waals surface area contributed by atoms with Gasteiger partial charge in [0.05, 0.1) is 26.4 Å². The van der Waals surface area contributed by atoms with Crippen LogP contribution in [0.2, 0.25) is 0 Å². The predicted octanol–water partition coefficient (Wildman–Crippen LogP) is 1.69. The number of nitrogens with zero attached hydrogens (tertiary/aromatic N) is 2. The van der Waals surface area contributed by atoms with E-state index in [-0.39, 0.29) is 0 Å². The fraction of sp³-hybridized carbons (Fsp3) is 0.545. The second-order valence-electron chi connectivity index (χ2n) is 3.63. The van der Waals surface area contributed by atoms with Gasteiger partial charge in [-0.1, -0.05) is 15.9 Å². The Balaban J connectivity index is 2.20. The number of hydrogen-bond acceptors (Lipinski definition) is 4. The van der Waals surface area contributed by atoms with E-state index in [2.05, 4.69) is 25.8 Å². The van der Waals surface area contributed by atoms with Crippen LogP contribution in [0.1, 0.15) is 0 Å². The second-order valence-corrected chi connectivity index (χ2v) is 4.28. The van der Waals surface area contributed by atoms with E-state index in [0.717, 1.165) is 30.8 Å². The number of aromatic nitrogens is 1. The summed E-state index contributed by atoms with van der Waals surface area (Å²) < 4.78 is 10.6. The lowest BCUT2D eigenvalue weighted by Crippen LogP contribution is -2.46. The fourth-order valence-electron chi connectivity index (χ4n) is 1.81. The van der Waals surface area contributed by atoms with Crippen molar-refractivity contribution in [2.24, 2.45) is 0 Å². The molecule has 16 heavy (non-hydrogen) atoms. The Morgan fingerprint density at radius 2 is 2.56 bits per heavy atom. The van der Waals surface area contributed by atoms with Crippen LogP contribution >= 0.6 is 15.9 Å². The molecule has 1 saturated heterocycles. The van der Waals surface area contributed by atoms with Crippen LogP contribution in [0.4, 0.5) is 5.69 Å². The molecule has 1 fully saturated rings. The van der Waals surface area contributed by atoms with E-state index in [9.17, 15) is 0 Å². The van der Waals surface area contributed by atoms with Crippen molar-refractivity contribution in [3.63, 3.8) is 0 Å². The molecule has 4 nitrogen and oxygen atoms in total.